The number of hydrogen-bond donors (Lipinski definition) is 1. The van der Waals surface area contributed by atoms with Crippen LogP contribution < -0.4 is 9.62 Å². The maximum atomic E-state index is 13.4. The van der Waals surface area contributed by atoms with E-state index in [1.54, 1.807) is 32.0 Å². The molecule has 2 aromatic carbocycles. The molecule has 0 fully saturated rings. The topological polar surface area (TPSA) is 86.8 Å². The Morgan fingerprint density at radius 2 is 1.75 bits per heavy atom. The lowest BCUT2D eigenvalue weighted by Gasteiger charge is -2.32. The third kappa shape index (κ3) is 6.71. The Morgan fingerprint density at radius 3 is 2.34 bits per heavy atom. The number of carbonyl (C=O) groups excluding carboxylic acids is 2. The van der Waals surface area contributed by atoms with Crippen LogP contribution in [0.5, 0.6) is 0 Å². The number of sulfonamides is 1. The van der Waals surface area contributed by atoms with Crippen molar-refractivity contribution in [3.05, 3.63) is 64.7 Å². The lowest BCUT2D eigenvalue weighted by atomic mass is 10.1. The molecule has 174 valence electrons. The zero-order chi connectivity index (χ0) is 23.9. The van der Waals surface area contributed by atoms with E-state index in [0.29, 0.717) is 22.8 Å². The molecule has 0 radical (unpaired) electrons. The molecule has 7 nitrogen and oxygen atoms in total. The van der Waals surface area contributed by atoms with Crippen LogP contribution >= 0.6 is 11.6 Å². The predicted octanol–water partition coefficient (Wildman–Crippen LogP) is 3.36. The molecule has 1 N–H and O–H groups in total. The van der Waals surface area contributed by atoms with Crippen molar-refractivity contribution in [3.8, 4) is 0 Å². The number of halogens is 1. The molecular weight excluding hydrogens is 450 g/mol. The molecule has 0 heterocycles. The van der Waals surface area contributed by atoms with Gasteiger partial charge in [0.25, 0.3) is 0 Å². The summed E-state index contributed by atoms with van der Waals surface area (Å²) in [6.07, 6.45) is 1.81. The van der Waals surface area contributed by atoms with Crippen molar-refractivity contribution >= 4 is 39.1 Å². The Balaban J connectivity index is 2.39. The number of nitrogens with zero attached hydrogens (tertiary/aromatic N) is 2. The summed E-state index contributed by atoms with van der Waals surface area (Å²) in [6, 6.07) is 13.4. The van der Waals surface area contributed by atoms with Crippen LogP contribution in [0.1, 0.15) is 31.4 Å². The van der Waals surface area contributed by atoms with E-state index in [9.17, 15) is 18.0 Å². The van der Waals surface area contributed by atoms with Crippen LogP contribution in [0.25, 0.3) is 0 Å². The van der Waals surface area contributed by atoms with Gasteiger partial charge >= 0.3 is 0 Å². The summed E-state index contributed by atoms with van der Waals surface area (Å²) in [5, 5.41) is 3.20. The van der Waals surface area contributed by atoms with E-state index in [2.05, 4.69) is 5.32 Å². The minimum absolute atomic E-state index is 0.173. The van der Waals surface area contributed by atoms with E-state index in [0.717, 1.165) is 22.5 Å². The van der Waals surface area contributed by atoms with Crippen molar-refractivity contribution in [2.45, 2.75) is 39.8 Å². The molecule has 2 aromatic rings. The first-order valence-electron chi connectivity index (χ1n) is 10.4. The van der Waals surface area contributed by atoms with Crippen molar-refractivity contribution in [1.82, 2.24) is 10.2 Å². The molecule has 32 heavy (non-hydrogen) atoms. The lowest BCUT2D eigenvalue weighted by molar-refractivity contribution is -0.139. The Morgan fingerprint density at radius 1 is 1.09 bits per heavy atom. The van der Waals surface area contributed by atoms with Crippen LogP contribution in [-0.4, -0.2) is 50.5 Å². The van der Waals surface area contributed by atoms with Gasteiger partial charge in [0.05, 0.1) is 11.9 Å². The SMILES string of the molecule is CCCNC(=O)C(C)N(Cc1ccccc1)C(=O)CN(c1cccc(Cl)c1C)S(C)(=O)=O. The Bertz CT molecular complexity index is 1040. The molecule has 0 aliphatic rings. The molecule has 0 aliphatic heterocycles. The largest absolute Gasteiger partial charge is 0.354 e. The fourth-order valence-electron chi connectivity index (χ4n) is 3.22. The van der Waals surface area contributed by atoms with E-state index in [4.69, 9.17) is 11.6 Å². The highest BCUT2D eigenvalue weighted by Crippen LogP contribution is 2.28. The van der Waals surface area contributed by atoms with Gasteiger partial charge in [0.2, 0.25) is 21.8 Å². The maximum Gasteiger partial charge on any atom is 0.244 e. The zero-order valence-electron chi connectivity index (χ0n) is 18.8. The van der Waals surface area contributed by atoms with E-state index < -0.39 is 28.5 Å². The predicted molar refractivity (Wildman–Crippen MR) is 128 cm³/mol. The fraction of sp³-hybridized carbons (Fsp3) is 0.391. The standard InChI is InChI=1S/C23H30ClN3O4S/c1-5-14-25-23(29)18(3)26(15-19-10-7-6-8-11-19)22(28)16-27(32(4,30)31)21-13-9-12-20(24)17(21)2/h6-13,18H,5,14-16H2,1-4H3,(H,25,29). The van der Waals surface area contributed by atoms with Gasteiger partial charge in [-0.05, 0) is 43.5 Å². The van der Waals surface area contributed by atoms with Crippen LogP contribution in [-0.2, 0) is 26.2 Å². The minimum Gasteiger partial charge on any atom is -0.354 e. The molecule has 9 heteroatoms. The normalized spacial score (nSPS) is 12.2. The number of rotatable bonds is 10. The summed E-state index contributed by atoms with van der Waals surface area (Å²) in [4.78, 5) is 27.4. The third-order valence-corrected chi connectivity index (χ3v) is 6.64. The molecule has 2 amide bonds. The Labute approximate surface area is 195 Å². The molecule has 0 aromatic heterocycles. The van der Waals surface area contributed by atoms with Crippen molar-refractivity contribution in [2.75, 3.05) is 23.7 Å². The smallest absolute Gasteiger partial charge is 0.244 e. The van der Waals surface area contributed by atoms with Crippen LogP contribution in [0.2, 0.25) is 5.02 Å². The lowest BCUT2D eigenvalue weighted by Crippen LogP contribution is -2.51. The van der Waals surface area contributed by atoms with Gasteiger partial charge in [-0.25, -0.2) is 8.42 Å². The second kappa shape index (κ2) is 11.3. The van der Waals surface area contributed by atoms with Crippen molar-refractivity contribution in [1.29, 1.82) is 0 Å². The van der Waals surface area contributed by atoms with Gasteiger partial charge < -0.3 is 10.2 Å². The summed E-state index contributed by atoms with van der Waals surface area (Å²) in [6.45, 7) is 5.50. The van der Waals surface area contributed by atoms with Gasteiger partial charge in [0.15, 0.2) is 0 Å². The van der Waals surface area contributed by atoms with Crippen molar-refractivity contribution in [2.24, 2.45) is 0 Å². The van der Waals surface area contributed by atoms with Gasteiger partial charge in [0, 0.05) is 18.1 Å². The second-order valence-electron chi connectivity index (χ2n) is 7.63. The number of carbonyl (C=O) groups is 2. The molecule has 0 saturated heterocycles. The number of benzene rings is 2. The van der Waals surface area contributed by atoms with E-state index >= 15 is 0 Å². The van der Waals surface area contributed by atoms with Crippen molar-refractivity contribution in [3.63, 3.8) is 0 Å². The number of anilines is 1. The van der Waals surface area contributed by atoms with Gasteiger partial charge in [-0.3, -0.25) is 13.9 Å². The summed E-state index contributed by atoms with van der Waals surface area (Å²) in [7, 11) is -3.79. The quantitative estimate of drug-likeness (QED) is 0.566. The molecular formula is C23H30ClN3O4S. The first kappa shape index (κ1) is 25.7. The van der Waals surface area contributed by atoms with Crippen LogP contribution in [0.15, 0.2) is 48.5 Å². The van der Waals surface area contributed by atoms with E-state index in [1.807, 2.05) is 37.3 Å². The molecule has 0 aliphatic carbocycles. The van der Waals surface area contributed by atoms with E-state index in [1.165, 1.54) is 4.90 Å². The Hall–Kier alpha value is -2.58. The summed E-state index contributed by atoms with van der Waals surface area (Å²) >= 11 is 6.19. The van der Waals surface area contributed by atoms with Gasteiger partial charge in [-0.1, -0.05) is 54.9 Å². The van der Waals surface area contributed by atoms with E-state index in [-0.39, 0.29) is 12.5 Å². The van der Waals surface area contributed by atoms with Gasteiger partial charge in [-0.15, -0.1) is 0 Å². The second-order valence-corrected chi connectivity index (χ2v) is 9.94. The summed E-state index contributed by atoms with van der Waals surface area (Å²) in [5.74, 6) is -0.779. The molecule has 1 atom stereocenters. The molecule has 0 bridgehead atoms. The minimum atomic E-state index is -3.79. The van der Waals surface area contributed by atoms with Crippen LogP contribution in [0, 0.1) is 6.92 Å². The zero-order valence-corrected chi connectivity index (χ0v) is 20.4. The Kier molecular flexibility index (Phi) is 9.09. The molecule has 0 saturated carbocycles. The average molecular weight is 480 g/mol. The first-order valence-corrected chi connectivity index (χ1v) is 12.6. The molecule has 0 spiro atoms. The highest BCUT2D eigenvalue weighted by Gasteiger charge is 2.30. The summed E-state index contributed by atoms with van der Waals surface area (Å²) < 4.78 is 26.2. The number of hydrogen-bond acceptors (Lipinski definition) is 4. The monoisotopic (exact) mass is 479 g/mol. The van der Waals surface area contributed by atoms with Crippen LogP contribution in [0.3, 0.4) is 0 Å². The summed E-state index contributed by atoms with van der Waals surface area (Å²) in [5.41, 5.74) is 1.72. The fourth-order valence-corrected chi connectivity index (χ4v) is 4.29. The van der Waals surface area contributed by atoms with Gasteiger partial charge in [0.1, 0.15) is 12.6 Å². The highest BCUT2D eigenvalue weighted by molar-refractivity contribution is 7.92. The average Bonchev–Trinajstić information content (AvgIpc) is 2.75. The molecule has 2 rings (SSSR count). The van der Waals surface area contributed by atoms with Gasteiger partial charge in [-0.2, -0.15) is 0 Å². The third-order valence-electron chi connectivity index (χ3n) is 5.10. The van der Waals surface area contributed by atoms with Crippen LogP contribution in [0.4, 0.5) is 5.69 Å². The maximum absolute atomic E-state index is 13.4. The van der Waals surface area contributed by atoms with Crippen molar-refractivity contribution < 1.29 is 18.0 Å². The molecule has 1 unspecified atom stereocenters. The number of nitrogens with one attached hydrogen (secondary N) is 1. The highest BCUT2D eigenvalue weighted by atomic mass is 35.5. The number of amides is 2. The first-order chi connectivity index (χ1) is 15.1.